The number of anilines is 2. The quantitative estimate of drug-likeness (QED) is 0.182. The van der Waals surface area contributed by atoms with Crippen molar-refractivity contribution in [3.63, 3.8) is 0 Å². The molecule has 0 spiro atoms. The van der Waals surface area contributed by atoms with Crippen LogP contribution in [-0.4, -0.2) is 60.6 Å². The molecule has 1 aromatic carbocycles. The summed E-state index contributed by atoms with van der Waals surface area (Å²) in [6, 6.07) is 8.89. The summed E-state index contributed by atoms with van der Waals surface area (Å²) in [5, 5.41) is 10.8. The van der Waals surface area contributed by atoms with Crippen LogP contribution < -0.4 is 16.4 Å². The molecule has 3 aromatic rings. The molecule has 2 aliphatic heterocycles. The second-order valence-electron chi connectivity index (χ2n) is 10.8. The Morgan fingerprint density at radius 2 is 1.82 bits per heavy atom. The Bertz CT molecular complexity index is 1190. The van der Waals surface area contributed by atoms with Crippen molar-refractivity contribution in [3.05, 3.63) is 41.6 Å². The fourth-order valence-electron chi connectivity index (χ4n) is 4.63. The summed E-state index contributed by atoms with van der Waals surface area (Å²) in [6.07, 6.45) is 11.7. The van der Waals surface area contributed by atoms with E-state index in [-0.39, 0.29) is 0 Å². The topological polar surface area (TPSA) is 107 Å². The van der Waals surface area contributed by atoms with Gasteiger partial charge in [0.25, 0.3) is 0 Å². The Labute approximate surface area is 240 Å². The van der Waals surface area contributed by atoms with Gasteiger partial charge < -0.3 is 10.1 Å². The number of nitrogens with one attached hydrogen (secondary N) is 2. The van der Waals surface area contributed by atoms with Gasteiger partial charge in [-0.25, -0.2) is 0 Å². The maximum atomic E-state index is 9.54. The summed E-state index contributed by atoms with van der Waals surface area (Å²) in [7, 11) is 0. The van der Waals surface area contributed by atoms with Gasteiger partial charge in [0.2, 0.25) is 6.41 Å². The summed E-state index contributed by atoms with van der Waals surface area (Å²) >= 11 is -0.557. The zero-order valence-corrected chi connectivity index (χ0v) is 25.9. The number of nitrogens with zero attached hydrogens (tertiary/aromatic N) is 3. The SMILES string of the molecule is C1CCOCC1.Cc1ccc(-c2cnn3c(NCC4CCI(C)CC4)cc(N)nc23)cc1C.O=CNC1CC1. The number of aryl methyl sites for hydroxylation is 2. The minimum Gasteiger partial charge on any atom is -0.356 e. The first kappa shape index (κ1) is 29.6. The number of nitrogens with two attached hydrogens (primary N) is 1. The van der Waals surface area contributed by atoms with Crippen molar-refractivity contribution >= 4 is 43.5 Å². The molecule has 9 heteroatoms. The molecule has 6 rings (SSSR count). The Hall–Kier alpha value is -2.40. The van der Waals surface area contributed by atoms with Crippen molar-refractivity contribution < 1.29 is 9.53 Å². The third-order valence-corrected chi connectivity index (χ3v) is 12.4. The number of ether oxygens (including phenoxy) is 1. The number of rotatable bonds is 6. The fraction of sp³-hybridized carbons (Fsp3) is 0.567. The number of hydrogen-bond acceptors (Lipinski definition) is 6. The molecule has 8 nitrogen and oxygen atoms in total. The van der Waals surface area contributed by atoms with Crippen molar-refractivity contribution in [3.8, 4) is 11.1 Å². The van der Waals surface area contributed by atoms with Gasteiger partial charge in [0.15, 0.2) is 0 Å². The molecule has 1 saturated carbocycles. The molecule has 39 heavy (non-hydrogen) atoms. The number of carbonyl (C=O) groups excluding carboxylic acids is 1. The van der Waals surface area contributed by atoms with E-state index in [0.717, 1.165) is 54.7 Å². The van der Waals surface area contributed by atoms with E-state index in [1.165, 1.54) is 64.9 Å². The second-order valence-corrected chi connectivity index (χ2v) is 17.1. The van der Waals surface area contributed by atoms with Crippen LogP contribution in [0.3, 0.4) is 0 Å². The van der Waals surface area contributed by atoms with Crippen LogP contribution in [0.25, 0.3) is 16.8 Å². The van der Waals surface area contributed by atoms with Crippen LogP contribution in [0.1, 0.15) is 56.1 Å². The summed E-state index contributed by atoms with van der Waals surface area (Å²) in [5.41, 5.74) is 11.6. The molecule has 4 N–H and O–H groups in total. The van der Waals surface area contributed by atoms with Crippen molar-refractivity contribution in [2.24, 2.45) is 5.92 Å². The monoisotopic (exact) mass is 648 g/mol. The number of hydrogen-bond donors (Lipinski definition) is 3. The Morgan fingerprint density at radius 1 is 1.08 bits per heavy atom. The maximum absolute atomic E-state index is 9.54. The van der Waals surface area contributed by atoms with Crippen LogP contribution in [0.4, 0.5) is 11.6 Å². The minimum absolute atomic E-state index is 0.529. The first-order valence-electron chi connectivity index (χ1n) is 14.2. The predicted octanol–water partition coefficient (Wildman–Crippen LogP) is 5.64. The first-order valence-corrected chi connectivity index (χ1v) is 19.4. The number of nitrogen functional groups attached to an aromatic ring is 1. The molecule has 3 fully saturated rings. The van der Waals surface area contributed by atoms with Gasteiger partial charge in [0.1, 0.15) is 0 Å². The number of alkyl halides is 3. The molecule has 2 saturated heterocycles. The summed E-state index contributed by atoms with van der Waals surface area (Å²) in [4.78, 5) is 16.6. The molecule has 214 valence electrons. The standard InChI is InChI=1S/C21H28IN5.C5H10O.C4H7NO/c1-14-4-5-17(10-15(14)2)18-13-25-27-20(11-19(23)26-21(18)27)24-12-16-6-8-22(3)9-7-16;1-2-4-6-5-3-1;6-3-5-4-1-2-4/h4-5,10-11,13,16,24H,6-9,12H2,1-3H3,(H2,23,26);1-5H2;3-4H,1-2H2,(H,5,6). The van der Waals surface area contributed by atoms with Crippen molar-refractivity contribution in [1.82, 2.24) is 19.9 Å². The molecule has 0 bridgehead atoms. The number of benzene rings is 1. The molecule has 3 aliphatic rings. The van der Waals surface area contributed by atoms with Gasteiger partial charge in [0.05, 0.1) is 0 Å². The fourth-order valence-corrected chi connectivity index (χ4v) is 9.05. The average molecular weight is 649 g/mol. The second kappa shape index (κ2) is 14.8. The van der Waals surface area contributed by atoms with E-state index in [2.05, 4.69) is 57.7 Å². The molecule has 2 aromatic heterocycles. The van der Waals surface area contributed by atoms with Crippen LogP contribution in [0, 0.1) is 19.8 Å². The van der Waals surface area contributed by atoms with E-state index in [4.69, 9.17) is 10.5 Å². The van der Waals surface area contributed by atoms with E-state index >= 15 is 0 Å². The number of halogens is 1. The average Bonchev–Trinajstić information content (AvgIpc) is 3.68. The van der Waals surface area contributed by atoms with Crippen LogP contribution in [0.5, 0.6) is 0 Å². The Morgan fingerprint density at radius 3 is 2.38 bits per heavy atom. The van der Waals surface area contributed by atoms with Crippen LogP contribution >= 0.6 is 19.8 Å². The summed E-state index contributed by atoms with van der Waals surface area (Å²) in [6.45, 7) is 7.25. The molecule has 4 heterocycles. The van der Waals surface area contributed by atoms with E-state index in [1.807, 2.05) is 16.8 Å². The third kappa shape index (κ3) is 9.06. The van der Waals surface area contributed by atoms with E-state index < -0.39 is 19.8 Å². The van der Waals surface area contributed by atoms with E-state index in [1.54, 1.807) is 0 Å². The van der Waals surface area contributed by atoms with Crippen LogP contribution in [0.15, 0.2) is 30.5 Å². The number of fused-ring (bicyclic) bond motifs is 1. The van der Waals surface area contributed by atoms with E-state index in [9.17, 15) is 4.79 Å². The number of carbonyl (C=O) groups is 1. The van der Waals surface area contributed by atoms with Gasteiger partial charge in [-0.15, -0.1) is 0 Å². The van der Waals surface area contributed by atoms with Gasteiger partial charge in [-0.1, -0.05) is 0 Å². The predicted molar refractivity (Wildman–Crippen MR) is 170 cm³/mol. The normalized spacial score (nSPS) is 18.4. The van der Waals surface area contributed by atoms with Crippen molar-refractivity contribution in [2.75, 3.05) is 44.6 Å². The van der Waals surface area contributed by atoms with Crippen LogP contribution in [-0.2, 0) is 9.53 Å². The van der Waals surface area contributed by atoms with Crippen LogP contribution in [0.2, 0.25) is 0 Å². The molecule has 1 amide bonds. The zero-order valence-electron chi connectivity index (χ0n) is 23.7. The molecular formula is C30H45IN6O2. The zero-order chi connectivity index (χ0) is 27.6. The number of aromatic nitrogens is 3. The number of amides is 1. The van der Waals surface area contributed by atoms with Crippen molar-refractivity contribution in [1.29, 1.82) is 0 Å². The Kier molecular flexibility index (Phi) is 11.3. The smallest absolute Gasteiger partial charge is 0.356 e. The molecule has 0 radical (unpaired) electrons. The summed E-state index contributed by atoms with van der Waals surface area (Å²) in [5.74, 6) is 2.23. The minimum atomic E-state index is -0.557. The van der Waals surface area contributed by atoms with E-state index in [0.29, 0.717) is 11.9 Å². The molecule has 0 atom stereocenters. The van der Waals surface area contributed by atoms with Crippen molar-refractivity contribution in [2.45, 2.75) is 64.8 Å². The molecule has 0 unspecified atom stereocenters. The van der Waals surface area contributed by atoms with Gasteiger partial charge in [-0.05, 0) is 51.5 Å². The molecule has 1 aliphatic carbocycles. The van der Waals surface area contributed by atoms with Gasteiger partial charge >= 0.3 is 149 Å². The first-order chi connectivity index (χ1) is 18.9. The van der Waals surface area contributed by atoms with Gasteiger partial charge in [-0.3, -0.25) is 4.79 Å². The van der Waals surface area contributed by atoms with Gasteiger partial charge in [-0.2, -0.15) is 0 Å². The molecular weight excluding hydrogens is 603 g/mol. The van der Waals surface area contributed by atoms with Gasteiger partial charge in [0, 0.05) is 19.3 Å². The third-order valence-electron chi connectivity index (χ3n) is 7.52. The summed E-state index contributed by atoms with van der Waals surface area (Å²) < 4.78 is 9.94. The Balaban J connectivity index is 0.000000241.